The number of hydrogen-bond donors (Lipinski definition) is 0. The Kier molecular flexibility index (Phi) is 5.74. The molecule has 0 fully saturated rings. The second kappa shape index (κ2) is 9.71. The smallest absolute Gasteiger partial charge is 0.164 e. The Morgan fingerprint density at radius 1 is 0.600 bits per heavy atom. The van der Waals surface area contributed by atoms with Crippen molar-refractivity contribution in [1.29, 1.82) is 0 Å². The molecule has 40 heavy (non-hydrogen) atoms. The molecule has 0 spiro atoms. The molecule has 0 aliphatic carbocycles. The highest BCUT2D eigenvalue weighted by molar-refractivity contribution is 5.99. The number of fused-ring (bicyclic) bond motifs is 3. The minimum Gasteiger partial charge on any atom is -0.261 e. The fourth-order valence-electron chi connectivity index (χ4n) is 4.95. The monoisotopic (exact) mass is 517 g/mol. The minimum absolute atomic E-state index is 0.555. The second-order valence-corrected chi connectivity index (χ2v) is 9.62. The SMILES string of the molecule is CC=Nc1ccc(-c2nc(-c3ccc4cc5ccccc5cc4c3)nc(-c3ccc4ncnnc4c3)n2)cc1C. The van der Waals surface area contributed by atoms with E-state index in [1.54, 1.807) is 6.21 Å². The summed E-state index contributed by atoms with van der Waals surface area (Å²) in [6.07, 6.45) is 3.24. The molecule has 0 saturated carbocycles. The van der Waals surface area contributed by atoms with Gasteiger partial charge in [-0.1, -0.05) is 36.4 Å². The summed E-state index contributed by atoms with van der Waals surface area (Å²) in [6.45, 7) is 3.95. The fraction of sp³-hybridized carbons (Fsp3) is 0.0606. The van der Waals surface area contributed by atoms with E-state index in [0.717, 1.165) is 38.8 Å². The average molecular weight is 518 g/mol. The van der Waals surface area contributed by atoms with Crippen LogP contribution in [0.25, 0.3) is 66.7 Å². The Labute approximate surface area is 230 Å². The first-order valence-electron chi connectivity index (χ1n) is 13.0. The van der Waals surface area contributed by atoms with E-state index >= 15 is 0 Å². The van der Waals surface area contributed by atoms with Crippen LogP contribution in [0.1, 0.15) is 12.5 Å². The van der Waals surface area contributed by atoms with E-state index in [9.17, 15) is 0 Å². The first kappa shape index (κ1) is 23.7. The zero-order chi connectivity index (χ0) is 27.1. The number of aryl methyl sites for hydroxylation is 1. The predicted octanol–water partition coefficient (Wildman–Crippen LogP) is 7.55. The van der Waals surface area contributed by atoms with Gasteiger partial charge in [-0.25, -0.2) is 19.9 Å². The highest BCUT2D eigenvalue weighted by Gasteiger charge is 2.14. The van der Waals surface area contributed by atoms with Gasteiger partial charge in [0.15, 0.2) is 17.5 Å². The van der Waals surface area contributed by atoms with E-state index in [1.165, 1.54) is 22.5 Å². The highest BCUT2D eigenvalue weighted by Crippen LogP contribution is 2.31. The van der Waals surface area contributed by atoms with Gasteiger partial charge in [-0.15, -0.1) is 10.2 Å². The Morgan fingerprint density at radius 2 is 1.23 bits per heavy atom. The maximum atomic E-state index is 4.95. The standard InChI is InChI=1S/C33H23N7/c1-3-34-28-12-10-24(14-20(28)2)31-37-32(39-33(38-31)26-11-13-29-30(18-26)40-36-19-35-29)25-9-8-23-15-21-6-4-5-7-22(21)16-27(23)17-25/h3-19H,1-2H3. The van der Waals surface area contributed by atoms with Gasteiger partial charge in [0.1, 0.15) is 11.8 Å². The Balaban J connectivity index is 1.42. The first-order chi connectivity index (χ1) is 19.6. The molecule has 2 heterocycles. The van der Waals surface area contributed by atoms with Crippen LogP contribution in [0.4, 0.5) is 5.69 Å². The quantitative estimate of drug-likeness (QED) is 0.177. The zero-order valence-corrected chi connectivity index (χ0v) is 21.9. The highest BCUT2D eigenvalue weighted by atomic mass is 15.1. The summed E-state index contributed by atoms with van der Waals surface area (Å²) in [7, 11) is 0. The van der Waals surface area contributed by atoms with E-state index < -0.39 is 0 Å². The molecular formula is C33H23N7. The van der Waals surface area contributed by atoms with Crippen molar-refractivity contribution in [2.45, 2.75) is 13.8 Å². The van der Waals surface area contributed by atoms with Crippen molar-refractivity contribution in [2.24, 2.45) is 4.99 Å². The molecule has 5 aromatic carbocycles. The van der Waals surface area contributed by atoms with E-state index in [1.807, 2.05) is 44.2 Å². The van der Waals surface area contributed by atoms with Crippen LogP contribution in [0.3, 0.4) is 0 Å². The molecule has 7 heteroatoms. The van der Waals surface area contributed by atoms with Crippen molar-refractivity contribution in [3.8, 4) is 34.2 Å². The van der Waals surface area contributed by atoms with Gasteiger partial charge >= 0.3 is 0 Å². The molecule has 0 radical (unpaired) electrons. The lowest BCUT2D eigenvalue weighted by atomic mass is 10.0. The van der Waals surface area contributed by atoms with Crippen molar-refractivity contribution >= 4 is 44.5 Å². The second-order valence-electron chi connectivity index (χ2n) is 9.62. The lowest BCUT2D eigenvalue weighted by Gasteiger charge is -2.11. The maximum absolute atomic E-state index is 4.95. The van der Waals surface area contributed by atoms with Crippen molar-refractivity contribution in [3.63, 3.8) is 0 Å². The van der Waals surface area contributed by atoms with E-state index in [0.29, 0.717) is 23.0 Å². The third kappa shape index (κ3) is 4.33. The molecule has 0 aliphatic heterocycles. The van der Waals surface area contributed by atoms with Crippen molar-refractivity contribution in [1.82, 2.24) is 30.1 Å². The molecule has 0 aliphatic rings. The number of rotatable bonds is 4. The molecule has 0 amide bonds. The van der Waals surface area contributed by atoms with Crippen LogP contribution in [0.2, 0.25) is 0 Å². The van der Waals surface area contributed by atoms with Crippen molar-refractivity contribution in [2.75, 3.05) is 0 Å². The molecular weight excluding hydrogens is 494 g/mol. The third-order valence-electron chi connectivity index (χ3n) is 6.97. The van der Waals surface area contributed by atoms with Gasteiger partial charge in [-0.05, 0) is 95.6 Å². The van der Waals surface area contributed by atoms with Gasteiger partial charge in [-0.2, -0.15) is 0 Å². The van der Waals surface area contributed by atoms with E-state index in [4.69, 9.17) is 15.0 Å². The van der Waals surface area contributed by atoms with Gasteiger partial charge < -0.3 is 0 Å². The van der Waals surface area contributed by atoms with Crippen LogP contribution in [0.15, 0.2) is 102 Å². The molecule has 2 aromatic heterocycles. The number of aromatic nitrogens is 6. The number of hydrogen-bond acceptors (Lipinski definition) is 7. The lowest BCUT2D eigenvalue weighted by Crippen LogP contribution is -2.01. The Hall–Kier alpha value is -5.43. The number of aliphatic imine (C=N–C) groups is 1. The largest absolute Gasteiger partial charge is 0.261 e. The predicted molar refractivity (Wildman–Crippen MR) is 161 cm³/mol. The molecule has 190 valence electrons. The molecule has 7 rings (SSSR count). The fourth-order valence-corrected chi connectivity index (χ4v) is 4.95. The number of nitrogens with zero attached hydrogens (tertiary/aromatic N) is 7. The molecule has 0 unspecified atom stereocenters. The van der Waals surface area contributed by atoms with Crippen molar-refractivity contribution in [3.05, 3.63) is 103 Å². The molecule has 7 nitrogen and oxygen atoms in total. The third-order valence-corrected chi connectivity index (χ3v) is 6.97. The molecule has 7 aromatic rings. The molecule has 0 atom stereocenters. The molecule has 0 N–H and O–H groups in total. The van der Waals surface area contributed by atoms with Crippen LogP contribution >= 0.6 is 0 Å². The summed E-state index contributed by atoms with van der Waals surface area (Å²) in [6, 6.07) is 31.0. The summed E-state index contributed by atoms with van der Waals surface area (Å²) in [5.74, 6) is 1.74. The molecule has 0 bridgehead atoms. The van der Waals surface area contributed by atoms with Crippen LogP contribution in [0, 0.1) is 6.92 Å². The van der Waals surface area contributed by atoms with Crippen LogP contribution < -0.4 is 0 Å². The normalized spacial score (nSPS) is 11.7. The topological polar surface area (TPSA) is 89.7 Å². The van der Waals surface area contributed by atoms with Crippen LogP contribution in [-0.2, 0) is 0 Å². The summed E-state index contributed by atoms with van der Waals surface area (Å²) < 4.78 is 0. The van der Waals surface area contributed by atoms with Crippen LogP contribution in [0.5, 0.6) is 0 Å². The Bertz CT molecular complexity index is 2100. The van der Waals surface area contributed by atoms with Gasteiger partial charge in [0.25, 0.3) is 0 Å². The van der Waals surface area contributed by atoms with E-state index in [2.05, 4.69) is 80.8 Å². The van der Waals surface area contributed by atoms with Crippen molar-refractivity contribution < 1.29 is 0 Å². The van der Waals surface area contributed by atoms with Gasteiger partial charge in [0, 0.05) is 22.9 Å². The first-order valence-corrected chi connectivity index (χ1v) is 13.0. The lowest BCUT2D eigenvalue weighted by molar-refractivity contribution is 1.02. The summed E-state index contributed by atoms with van der Waals surface area (Å²) in [5.41, 5.74) is 6.03. The average Bonchev–Trinajstić information content (AvgIpc) is 3.00. The number of benzene rings is 5. The van der Waals surface area contributed by atoms with Gasteiger partial charge in [-0.3, -0.25) is 4.99 Å². The van der Waals surface area contributed by atoms with Gasteiger partial charge in [0.2, 0.25) is 0 Å². The summed E-state index contributed by atoms with van der Waals surface area (Å²) in [4.78, 5) is 23.5. The summed E-state index contributed by atoms with van der Waals surface area (Å²) >= 11 is 0. The van der Waals surface area contributed by atoms with Gasteiger partial charge in [0.05, 0.1) is 11.2 Å². The maximum Gasteiger partial charge on any atom is 0.164 e. The van der Waals surface area contributed by atoms with E-state index in [-0.39, 0.29) is 0 Å². The Morgan fingerprint density at radius 3 is 1.95 bits per heavy atom. The van der Waals surface area contributed by atoms with Crippen LogP contribution in [-0.4, -0.2) is 36.3 Å². The molecule has 0 saturated heterocycles. The summed E-state index contributed by atoms with van der Waals surface area (Å²) in [5, 5.41) is 12.9. The minimum atomic E-state index is 0.555. The zero-order valence-electron chi connectivity index (χ0n) is 21.9.